The summed E-state index contributed by atoms with van der Waals surface area (Å²) >= 11 is 0. The van der Waals surface area contributed by atoms with Gasteiger partial charge in [0.25, 0.3) is 0 Å². The number of ether oxygens (including phenoxy) is 3. The molecule has 3 aliphatic rings. The predicted octanol–water partition coefficient (Wildman–Crippen LogP) is 2.86. The van der Waals surface area contributed by atoms with Gasteiger partial charge in [-0.25, -0.2) is 4.79 Å². The summed E-state index contributed by atoms with van der Waals surface area (Å²) in [4.78, 5) is 38.9. The van der Waals surface area contributed by atoms with Gasteiger partial charge in [0, 0.05) is 0 Å². The van der Waals surface area contributed by atoms with Crippen LogP contribution in [0.2, 0.25) is 0 Å². The van der Waals surface area contributed by atoms with Crippen molar-refractivity contribution in [3.63, 3.8) is 0 Å². The second-order valence-corrected chi connectivity index (χ2v) is 10.3. The first kappa shape index (κ1) is 27.5. The van der Waals surface area contributed by atoms with Crippen molar-refractivity contribution in [2.75, 3.05) is 19.8 Å². The molecular formula is C28H39NO8. The van der Waals surface area contributed by atoms with Crippen LogP contribution in [0.25, 0.3) is 0 Å². The van der Waals surface area contributed by atoms with E-state index >= 15 is 0 Å². The Balaban J connectivity index is 1.12. The number of esters is 1. The van der Waals surface area contributed by atoms with Gasteiger partial charge in [-0.3, -0.25) is 14.5 Å². The number of fused-ring (bicyclic) bond motifs is 5. The fourth-order valence-electron chi connectivity index (χ4n) is 5.61. The number of carbonyl (C=O) groups excluding carboxylic acids is 3. The van der Waals surface area contributed by atoms with Gasteiger partial charge >= 0.3 is 5.97 Å². The van der Waals surface area contributed by atoms with Crippen LogP contribution in [0.1, 0.15) is 75.1 Å². The highest BCUT2D eigenvalue weighted by molar-refractivity contribution is 6.06. The number of benzene rings is 1. The number of carbonyl (C=O) groups is 3. The van der Waals surface area contributed by atoms with Gasteiger partial charge in [0.1, 0.15) is 24.6 Å². The minimum absolute atomic E-state index is 0.0814. The monoisotopic (exact) mass is 517 g/mol. The minimum atomic E-state index is -1.18. The smallest absolute Gasteiger partial charge is 0.338 e. The van der Waals surface area contributed by atoms with Crippen LogP contribution >= 0.6 is 0 Å². The van der Waals surface area contributed by atoms with Gasteiger partial charge in [-0.2, -0.15) is 0 Å². The number of aliphatic hydroxyl groups excluding tert-OH is 2. The van der Waals surface area contributed by atoms with Gasteiger partial charge in [-0.15, -0.1) is 0 Å². The van der Waals surface area contributed by atoms with E-state index in [0.717, 1.165) is 17.7 Å². The van der Waals surface area contributed by atoms with E-state index < -0.39 is 54.0 Å². The molecule has 3 aliphatic heterocycles. The summed E-state index contributed by atoms with van der Waals surface area (Å²) in [7, 11) is 0. The van der Waals surface area contributed by atoms with Gasteiger partial charge in [-0.1, -0.05) is 58.3 Å². The molecule has 0 radical (unpaired) electrons. The van der Waals surface area contributed by atoms with Crippen molar-refractivity contribution in [1.29, 1.82) is 0 Å². The van der Waals surface area contributed by atoms with Gasteiger partial charge in [0.05, 0.1) is 42.8 Å². The Morgan fingerprint density at radius 3 is 1.95 bits per heavy atom. The zero-order valence-corrected chi connectivity index (χ0v) is 21.5. The van der Waals surface area contributed by atoms with Crippen LogP contribution in [0.3, 0.4) is 0 Å². The second-order valence-electron chi connectivity index (χ2n) is 10.3. The largest absolute Gasteiger partial charge is 0.494 e. The van der Waals surface area contributed by atoms with Gasteiger partial charge in [0.15, 0.2) is 0 Å². The van der Waals surface area contributed by atoms with E-state index in [4.69, 9.17) is 14.2 Å². The van der Waals surface area contributed by atoms with Gasteiger partial charge in [-0.05, 0) is 30.7 Å². The predicted molar refractivity (Wildman–Crippen MR) is 134 cm³/mol. The van der Waals surface area contributed by atoms with E-state index in [1.165, 1.54) is 44.9 Å². The molecule has 3 saturated heterocycles. The summed E-state index contributed by atoms with van der Waals surface area (Å²) in [5.74, 6) is -2.38. The van der Waals surface area contributed by atoms with Crippen LogP contribution in [0, 0.1) is 11.8 Å². The Bertz CT molecular complexity index is 903. The summed E-state index contributed by atoms with van der Waals surface area (Å²) in [6, 6.07) is 6.71. The number of unbranched alkanes of at least 4 members (excludes halogenated alkanes) is 8. The summed E-state index contributed by atoms with van der Waals surface area (Å²) in [5, 5.41) is 20.0. The average molecular weight is 518 g/mol. The SMILES string of the molecule is CCCCCCCCCCCOc1ccc(C(=O)OCCN2C(=O)C3C4OC(C(O)C4O)C3C2=O)cc1. The zero-order chi connectivity index (χ0) is 26.4. The lowest BCUT2D eigenvalue weighted by Crippen LogP contribution is -2.47. The number of imide groups is 1. The number of aliphatic hydroxyl groups is 2. The molecule has 3 heterocycles. The summed E-state index contributed by atoms with van der Waals surface area (Å²) < 4.78 is 16.5. The molecule has 2 bridgehead atoms. The molecule has 1 aromatic carbocycles. The highest BCUT2D eigenvalue weighted by atomic mass is 16.6. The van der Waals surface area contributed by atoms with Crippen molar-refractivity contribution >= 4 is 17.8 Å². The van der Waals surface area contributed by atoms with Crippen molar-refractivity contribution in [2.45, 2.75) is 89.1 Å². The molecule has 0 spiro atoms. The third kappa shape index (κ3) is 6.16. The maximum atomic E-state index is 12.7. The second kappa shape index (κ2) is 12.8. The first-order chi connectivity index (χ1) is 17.9. The Labute approximate surface area is 218 Å². The van der Waals surface area contributed by atoms with Crippen LogP contribution in [0.4, 0.5) is 0 Å². The summed E-state index contributed by atoms with van der Waals surface area (Å²) in [6.45, 7) is 2.64. The summed E-state index contributed by atoms with van der Waals surface area (Å²) in [5.41, 5.74) is 0.351. The molecule has 9 nitrogen and oxygen atoms in total. The Morgan fingerprint density at radius 1 is 0.838 bits per heavy atom. The molecule has 204 valence electrons. The van der Waals surface area contributed by atoms with Crippen molar-refractivity contribution in [1.82, 2.24) is 4.90 Å². The number of amides is 2. The molecule has 6 atom stereocenters. The Morgan fingerprint density at radius 2 is 1.38 bits per heavy atom. The molecule has 2 N–H and O–H groups in total. The standard InChI is InChI=1S/C28H39NO8/c1-2-3-4-5-6-7-8-9-10-16-35-19-13-11-18(12-14-19)28(34)36-17-15-29-26(32)20-21(27(29)33)25-23(31)22(30)24(20)37-25/h11-14,20-25,30-31H,2-10,15-17H2,1H3. The minimum Gasteiger partial charge on any atom is -0.494 e. The molecule has 6 unspecified atom stereocenters. The molecule has 0 saturated carbocycles. The molecule has 0 aromatic heterocycles. The van der Waals surface area contributed by atoms with Gasteiger partial charge < -0.3 is 24.4 Å². The molecule has 2 amide bonds. The first-order valence-corrected chi connectivity index (χ1v) is 13.7. The molecular weight excluding hydrogens is 478 g/mol. The van der Waals surface area contributed by atoms with E-state index in [1.807, 2.05) is 0 Å². The van der Waals surface area contributed by atoms with Crippen molar-refractivity contribution in [3.05, 3.63) is 29.8 Å². The van der Waals surface area contributed by atoms with Crippen molar-refractivity contribution in [3.8, 4) is 5.75 Å². The van der Waals surface area contributed by atoms with Crippen molar-refractivity contribution < 1.29 is 38.8 Å². The molecule has 4 rings (SSSR count). The fraction of sp³-hybridized carbons (Fsp3) is 0.679. The van der Waals surface area contributed by atoms with Crippen LogP contribution in [0.15, 0.2) is 24.3 Å². The normalized spacial score (nSPS) is 28.1. The summed E-state index contributed by atoms with van der Waals surface area (Å²) in [6.07, 6.45) is 7.14. The van der Waals surface area contributed by atoms with E-state index in [0.29, 0.717) is 17.9 Å². The Hall–Kier alpha value is -2.49. The van der Waals surface area contributed by atoms with Crippen LogP contribution in [-0.2, 0) is 19.1 Å². The lowest BCUT2D eigenvalue weighted by Gasteiger charge is -2.25. The zero-order valence-electron chi connectivity index (χ0n) is 21.5. The molecule has 0 aliphatic carbocycles. The molecule has 37 heavy (non-hydrogen) atoms. The van der Waals surface area contributed by atoms with E-state index in [9.17, 15) is 24.6 Å². The molecule has 1 aromatic rings. The quantitative estimate of drug-likeness (QED) is 0.207. The third-order valence-corrected chi connectivity index (χ3v) is 7.69. The van der Waals surface area contributed by atoms with Crippen LogP contribution < -0.4 is 4.74 Å². The Kier molecular flexibility index (Phi) is 9.56. The topological polar surface area (TPSA) is 123 Å². The van der Waals surface area contributed by atoms with E-state index in [1.54, 1.807) is 24.3 Å². The maximum Gasteiger partial charge on any atom is 0.338 e. The number of likely N-dealkylation sites (tertiary alicyclic amines) is 1. The van der Waals surface area contributed by atoms with Gasteiger partial charge in [0.2, 0.25) is 11.8 Å². The number of hydrogen-bond acceptors (Lipinski definition) is 8. The molecule has 3 fully saturated rings. The van der Waals surface area contributed by atoms with Crippen molar-refractivity contribution in [2.24, 2.45) is 11.8 Å². The number of nitrogens with zero attached hydrogens (tertiary/aromatic N) is 1. The molecule has 9 heteroatoms. The average Bonchev–Trinajstić information content (AvgIpc) is 3.51. The highest BCUT2D eigenvalue weighted by Crippen LogP contribution is 2.48. The number of rotatable bonds is 15. The lowest BCUT2D eigenvalue weighted by atomic mass is 9.78. The van der Waals surface area contributed by atoms with E-state index in [-0.39, 0.29) is 13.2 Å². The number of hydrogen-bond donors (Lipinski definition) is 2. The van der Waals surface area contributed by atoms with Crippen LogP contribution in [0.5, 0.6) is 5.75 Å². The highest BCUT2D eigenvalue weighted by Gasteiger charge is 2.68. The van der Waals surface area contributed by atoms with E-state index in [2.05, 4.69) is 6.92 Å². The first-order valence-electron chi connectivity index (χ1n) is 13.7. The fourth-order valence-corrected chi connectivity index (χ4v) is 5.61. The third-order valence-electron chi connectivity index (χ3n) is 7.69. The maximum absolute atomic E-state index is 12.7. The van der Waals surface area contributed by atoms with Crippen LogP contribution in [-0.4, -0.2) is 77.1 Å². The lowest BCUT2D eigenvalue weighted by molar-refractivity contribution is -0.143.